The first kappa shape index (κ1) is 19.7. The normalized spacial score (nSPS) is 22.1. The number of hydrogen-bond donors (Lipinski definition) is 1. The number of likely N-dealkylation sites (tertiary alicyclic amines) is 2. The van der Waals surface area contributed by atoms with Crippen LogP contribution in [0.1, 0.15) is 66.2 Å². The van der Waals surface area contributed by atoms with Crippen molar-refractivity contribution in [3.05, 3.63) is 52.8 Å². The molecule has 2 aromatic rings. The van der Waals surface area contributed by atoms with Crippen molar-refractivity contribution in [2.45, 2.75) is 52.5 Å². The fraction of sp³-hybridized carbons (Fsp3) is 0.522. The van der Waals surface area contributed by atoms with Gasteiger partial charge in [-0.2, -0.15) is 5.10 Å². The fourth-order valence-electron chi connectivity index (χ4n) is 4.69. The van der Waals surface area contributed by atoms with Crippen molar-refractivity contribution in [2.24, 2.45) is 5.41 Å². The maximum atomic E-state index is 13.4. The molecule has 1 N–H and O–H groups in total. The zero-order valence-electron chi connectivity index (χ0n) is 17.6. The molecular weight excluding hydrogens is 364 g/mol. The molecule has 1 aromatic heterocycles. The molecule has 0 saturated carbocycles. The molecule has 154 valence electrons. The summed E-state index contributed by atoms with van der Waals surface area (Å²) < 4.78 is 0. The van der Waals surface area contributed by atoms with Crippen LogP contribution in [0.5, 0.6) is 0 Å². The van der Waals surface area contributed by atoms with Gasteiger partial charge in [0, 0.05) is 31.9 Å². The van der Waals surface area contributed by atoms with Crippen LogP contribution in [0, 0.1) is 12.3 Å². The Morgan fingerprint density at radius 3 is 2.62 bits per heavy atom. The minimum Gasteiger partial charge on any atom is -0.338 e. The number of carbonyl (C=O) groups is 2. The number of aromatic nitrogens is 2. The maximum absolute atomic E-state index is 13.4. The van der Waals surface area contributed by atoms with Crippen LogP contribution < -0.4 is 0 Å². The summed E-state index contributed by atoms with van der Waals surface area (Å²) in [5.41, 5.74) is 3.43. The number of amides is 2. The third kappa shape index (κ3) is 3.68. The van der Waals surface area contributed by atoms with Crippen molar-refractivity contribution in [2.75, 3.05) is 19.6 Å². The number of nitrogens with zero attached hydrogens (tertiary/aromatic N) is 3. The van der Waals surface area contributed by atoms with Gasteiger partial charge in [0.25, 0.3) is 5.91 Å². The molecule has 0 radical (unpaired) electrons. The lowest BCUT2D eigenvalue weighted by Crippen LogP contribution is -2.50. The lowest BCUT2D eigenvalue weighted by atomic mass is 9.78. The van der Waals surface area contributed by atoms with Crippen molar-refractivity contribution >= 4 is 11.8 Å². The highest BCUT2D eigenvalue weighted by atomic mass is 16.2. The van der Waals surface area contributed by atoms with Crippen molar-refractivity contribution < 1.29 is 9.59 Å². The molecule has 2 aliphatic heterocycles. The van der Waals surface area contributed by atoms with Crippen LogP contribution in [0.15, 0.2) is 30.5 Å². The molecule has 1 unspecified atom stereocenters. The second kappa shape index (κ2) is 7.65. The Morgan fingerprint density at radius 1 is 1.21 bits per heavy atom. The van der Waals surface area contributed by atoms with Gasteiger partial charge in [0.1, 0.15) is 0 Å². The fourth-order valence-corrected chi connectivity index (χ4v) is 4.69. The minimum atomic E-state index is -0.427. The van der Waals surface area contributed by atoms with Gasteiger partial charge in [-0.15, -0.1) is 0 Å². The SMILES string of the molecule is Cc1[nH]ncc1C(=O)N1CCC2(CCCN(Cc3ccc(C(C)C)cc3)C2=O)C1. The summed E-state index contributed by atoms with van der Waals surface area (Å²) >= 11 is 0. The van der Waals surface area contributed by atoms with Gasteiger partial charge in [-0.25, -0.2) is 0 Å². The van der Waals surface area contributed by atoms with Gasteiger partial charge in [0.15, 0.2) is 0 Å². The Kier molecular flexibility index (Phi) is 5.19. The van der Waals surface area contributed by atoms with E-state index in [0.29, 0.717) is 31.1 Å². The first-order valence-electron chi connectivity index (χ1n) is 10.6. The molecule has 6 nitrogen and oxygen atoms in total. The van der Waals surface area contributed by atoms with Crippen LogP contribution in [-0.4, -0.2) is 51.4 Å². The van der Waals surface area contributed by atoms with E-state index in [1.54, 1.807) is 6.20 Å². The summed E-state index contributed by atoms with van der Waals surface area (Å²) in [6.45, 7) is 8.81. The molecule has 1 spiro atoms. The summed E-state index contributed by atoms with van der Waals surface area (Å²) in [5, 5.41) is 6.79. The highest BCUT2D eigenvalue weighted by molar-refractivity contribution is 5.96. The standard InChI is InChI=1S/C23H30N4O2/c1-16(2)19-7-5-18(6-8-19)14-26-11-4-9-23(22(26)29)10-12-27(15-23)21(28)20-13-24-25-17(20)3/h5-8,13,16H,4,9-12,14-15H2,1-3H3,(H,24,25). The van der Waals surface area contributed by atoms with Gasteiger partial charge >= 0.3 is 0 Å². The zero-order valence-corrected chi connectivity index (χ0v) is 17.6. The Balaban J connectivity index is 1.46. The molecular formula is C23H30N4O2. The van der Waals surface area contributed by atoms with Crippen LogP contribution in [0.4, 0.5) is 0 Å². The van der Waals surface area contributed by atoms with Gasteiger partial charge in [0.2, 0.25) is 5.91 Å². The lowest BCUT2D eigenvalue weighted by molar-refractivity contribution is -0.146. The van der Waals surface area contributed by atoms with E-state index >= 15 is 0 Å². The van der Waals surface area contributed by atoms with E-state index in [9.17, 15) is 9.59 Å². The molecule has 0 aliphatic carbocycles. The lowest BCUT2D eigenvalue weighted by Gasteiger charge is -2.39. The van der Waals surface area contributed by atoms with E-state index in [4.69, 9.17) is 0 Å². The quantitative estimate of drug-likeness (QED) is 0.863. The number of hydrogen-bond acceptors (Lipinski definition) is 3. The second-order valence-corrected chi connectivity index (χ2v) is 8.89. The Bertz CT molecular complexity index is 902. The van der Waals surface area contributed by atoms with Crippen LogP contribution in [-0.2, 0) is 11.3 Å². The Labute approximate surface area is 172 Å². The monoisotopic (exact) mass is 394 g/mol. The molecule has 2 amide bonds. The molecule has 0 bridgehead atoms. The Hall–Kier alpha value is -2.63. The van der Waals surface area contributed by atoms with E-state index in [0.717, 1.165) is 31.5 Å². The number of carbonyl (C=O) groups excluding carboxylic acids is 2. The summed E-state index contributed by atoms with van der Waals surface area (Å²) in [4.78, 5) is 30.1. The van der Waals surface area contributed by atoms with E-state index in [1.165, 1.54) is 11.1 Å². The smallest absolute Gasteiger partial charge is 0.257 e. The van der Waals surface area contributed by atoms with Crippen molar-refractivity contribution in [3.8, 4) is 0 Å². The molecule has 2 aliphatic rings. The number of aryl methyl sites for hydroxylation is 1. The molecule has 3 heterocycles. The molecule has 4 rings (SSSR count). The molecule has 29 heavy (non-hydrogen) atoms. The number of H-pyrrole nitrogens is 1. The second-order valence-electron chi connectivity index (χ2n) is 8.89. The summed E-state index contributed by atoms with van der Waals surface area (Å²) in [5.74, 6) is 0.683. The molecule has 1 aromatic carbocycles. The third-order valence-corrected chi connectivity index (χ3v) is 6.55. The summed E-state index contributed by atoms with van der Waals surface area (Å²) in [6, 6.07) is 8.59. The average Bonchev–Trinajstić information content (AvgIpc) is 3.33. The summed E-state index contributed by atoms with van der Waals surface area (Å²) in [7, 11) is 0. The molecule has 6 heteroatoms. The third-order valence-electron chi connectivity index (χ3n) is 6.55. The zero-order chi connectivity index (χ0) is 20.6. The largest absolute Gasteiger partial charge is 0.338 e. The van der Waals surface area contributed by atoms with Gasteiger partial charge in [-0.05, 0) is 43.2 Å². The van der Waals surface area contributed by atoms with Gasteiger partial charge < -0.3 is 9.80 Å². The Morgan fingerprint density at radius 2 is 1.97 bits per heavy atom. The highest BCUT2D eigenvalue weighted by Gasteiger charge is 2.49. The van der Waals surface area contributed by atoms with Crippen LogP contribution in [0.25, 0.3) is 0 Å². The van der Waals surface area contributed by atoms with E-state index in [1.807, 2.05) is 16.7 Å². The van der Waals surface area contributed by atoms with Crippen molar-refractivity contribution in [3.63, 3.8) is 0 Å². The average molecular weight is 395 g/mol. The molecule has 2 fully saturated rings. The molecule has 2 saturated heterocycles. The van der Waals surface area contributed by atoms with Gasteiger partial charge in [-0.3, -0.25) is 14.7 Å². The first-order chi connectivity index (χ1) is 13.9. The summed E-state index contributed by atoms with van der Waals surface area (Å²) in [6.07, 6.45) is 4.18. The number of aromatic amines is 1. The number of piperidine rings is 1. The van der Waals surface area contributed by atoms with Crippen molar-refractivity contribution in [1.82, 2.24) is 20.0 Å². The highest BCUT2D eigenvalue weighted by Crippen LogP contribution is 2.41. The topological polar surface area (TPSA) is 69.3 Å². The van der Waals surface area contributed by atoms with Crippen LogP contribution in [0.3, 0.4) is 0 Å². The van der Waals surface area contributed by atoms with Crippen LogP contribution >= 0.6 is 0 Å². The predicted molar refractivity (Wildman–Crippen MR) is 111 cm³/mol. The maximum Gasteiger partial charge on any atom is 0.257 e. The van der Waals surface area contributed by atoms with E-state index in [2.05, 4.69) is 48.3 Å². The van der Waals surface area contributed by atoms with E-state index in [-0.39, 0.29) is 11.8 Å². The number of nitrogens with one attached hydrogen (secondary N) is 1. The first-order valence-corrected chi connectivity index (χ1v) is 10.6. The number of benzene rings is 1. The van der Waals surface area contributed by atoms with Gasteiger partial charge in [0.05, 0.1) is 17.2 Å². The van der Waals surface area contributed by atoms with Crippen molar-refractivity contribution in [1.29, 1.82) is 0 Å². The van der Waals surface area contributed by atoms with E-state index < -0.39 is 5.41 Å². The molecule has 1 atom stereocenters. The minimum absolute atomic E-state index is 0.0256. The predicted octanol–water partition coefficient (Wildman–Crippen LogP) is 3.50. The number of rotatable bonds is 4. The van der Waals surface area contributed by atoms with Crippen LogP contribution in [0.2, 0.25) is 0 Å². The van der Waals surface area contributed by atoms with Gasteiger partial charge in [-0.1, -0.05) is 38.1 Å².